The van der Waals surface area contributed by atoms with Crippen molar-refractivity contribution < 1.29 is 13.6 Å². The van der Waals surface area contributed by atoms with E-state index in [-0.39, 0.29) is 5.91 Å². The first kappa shape index (κ1) is 16.4. The van der Waals surface area contributed by atoms with Gasteiger partial charge in [0.25, 0.3) is 0 Å². The van der Waals surface area contributed by atoms with E-state index in [2.05, 4.69) is 4.90 Å². The summed E-state index contributed by atoms with van der Waals surface area (Å²) in [6, 6.07) is 3.83. The van der Waals surface area contributed by atoms with Crippen LogP contribution in [0.5, 0.6) is 0 Å². The smallest absolute Gasteiger partial charge is 0.219 e. The van der Waals surface area contributed by atoms with Gasteiger partial charge in [0.2, 0.25) is 5.91 Å². The first-order valence-corrected chi connectivity index (χ1v) is 8.44. The zero-order chi connectivity index (χ0) is 16.4. The summed E-state index contributed by atoms with van der Waals surface area (Å²) in [5.41, 5.74) is 0.568. The van der Waals surface area contributed by atoms with E-state index in [0.29, 0.717) is 23.9 Å². The summed E-state index contributed by atoms with van der Waals surface area (Å²) in [7, 11) is 0. The summed E-state index contributed by atoms with van der Waals surface area (Å²) in [6.45, 7) is 5.85. The van der Waals surface area contributed by atoms with E-state index in [0.717, 1.165) is 51.5 Å². The lowest BCUT2D eigenvalue weighted by Gasteiger charge is -2.34. The largest absolute Gasteiger partial charge is 0.343 e. The lowest BCUT2D eigenvalue weighted by molar-refractivity contribution is -0.130. The van der Waals surface area contributed by atoms with Gasteiger partial charge in [-0.25, -0.2) is 8.78 Å². The Hall–Kier alpha value is -1.49. The SMILES string of the molecule is CC(=O)N1CCC(C2CCN(Cc3ccc(F)cc3F)C2)CC1. The van der Waals surface area contributed by atoms with Gasteiger partial charge in [0.1, 0.15) is 11.6 Å². The minimum absolute atomic E-state index is 0.170. The number of nitrogens with zero attached hydrogens (tertiary/aromatic N) is 2. The van der Waals surface area contributed by atoms with Gasteiger partial charge in [0.15, 0.2) is 0 Å². The maximum absolute atomic E-state index is 13.8. The maximum Gasteiger partial charge on any atom is 0.219 e. The minimum Gasteiger partial charge on any atom is -0.343 e. The molecule has 1 atom stereocenters. The van der Waals surface area contributed by atoms with Gasteiger partial charge in [-0.15, -0.1) is 0 Å². The number of carbonyl (C=O) groups is 1. The van der Waals surface area contributed by atoms with E-state index in [1.54, 1.807) is 13.0 Å². The van der Waals surface area contributed by atoms with Crippen LogP contribution >= 0.6 is 0 Å². The molecule has 2 saturated heterocycles. The van der Waals surface area contributed by atoms with Crippen LogP contribution in [0.3, 0.4) is 0 Å². The molecule has 5 heteroatoms. The van der Waals surface area contributed by atoms with Gasteiger partial charge < -0.3 is 4.90 Å². The molecule has 3 nitrogen and oxygen atoms in total. The van der Waals surface area contributed by atoms with Crippen molar-refractivity contribution in [3.8, 4) is 0 Å². The van der Waals surface area contributed by atoms with Crippen LogP contribution < -0.4 is 0 Å². The monoisotopic (exact) mass is 322 g/mol. The summed E-state index contributed by atoms with van der Waals surface area (Å²) >= 11 is 0. The highest BCUT2D eigenvalue weighted by Crippen LogP contribution is 2.32. The molecule has 1 amide bonds. The van der Waals surface area contributed by atoms with Crippen LogP contribution in [0.25, 0.3) is 0 Å². The number of amides is 1. The fourth-order valence-corrected chi connectivity index (χ4v) is 3.97. The molecule has 1 aromatic rings. The van der Waals surface area contributed by atoms with Gasteiger partial charge in [-0.05, 0) is 43.7 Å². The molecule has 3 rings (SSSR count). The van der Waals surface area contributed by atoms with E-state index < -0.39 is 11.6 Å². The highest BCUT2D eigenvalue weighted by molar-refractivity contribution is 5.73. The lowest BCUT2D eigenvalue weighted by atomic mass is 9.84. The molecule has 0 spiro atoms. The first-order valence-electron chi connectivity index (χ1n) is 8.44. The van der Waals surface area contributed by atoms with Gasteiger partial charge in [0.05, 0.1) is 0 Å². The molecule has 2 fully saturated rings. The molecule has 2 aliphatic heterocycles. The number of carbonyl (C=O) groups excluding carboxylic acids is 1. The molecular weight excluding hydrogens is 298 g/mol. The standard InChI is InChI=1S/C18H24F2N2O/c1-13(23)22-8-5-14(6-9-22)15-4-7-21(11-15)12-16-2-3-17(19)10-18(16)20/h2-3,10,14-15H,4-9,11-12H2,1H3. The maximum atomic E-state index is 13.8. The molecule has 0 aromatic heterocycles. The van der Waals surface area contributed by atoms with E-state index in [4.69, 9.17) is 0 Å². The predicted octanol–water partition coefficient (Wildman–Crippen LogP) is 3.05. The Bertz CT molecular complexity index is 570. The Kier molecular flexibility index (Phi) is 4.95. The summed E-state index contributed by atoms with van der Waals surface area (Å²) in [4.78, 5) is 15.6. The van der Waals surface area contributed by atoms with Gasteiger partial charge in [-0.2, -0.15) is 0 Å². The number of halogens is 2. The van der Waals surface area contributed by atoms with Crippen LogP contribution in [-0.2, 0) is 11.3 Å². The van der Waals surface area contributed by atoms with Crippen LogP contribution in [0.15, 0.2) is 18.2 Å². The summed E-state index contributed by atoms with van der Waals surface area (Å²) in [6.07, 6.45) is 3.28. The molecule has 2 heterocycles. The zero-order valence-electron chi connectivity index (χ0n) is 13.6. The highest BCUT2D eigenvalue weighted by atomic mass is 19.1. The number of piperidine rings is 1. The van der Waals surface area contributed by atoms with Crippen LogP contribution in [0.2, 0.25) is 0 Å². The number of hydrogen-bond donors (Lipinski definition) is 0. The second kappa shape index (κ2) is 6.95. The van der Waals surface area contributed by atoms with Crippen LogP contribution in [-0.4, -0.2) is 41.9 Å². The average Bonchev–Trinajstić information content (AvgIpc) is 2.99. The van der Waals surface area contributed by atoms with Crippen molar-refractivity contribution in [1.29, 1.82) is 0 Å². The third-order valence-electron chi connectivity index (χ3n) is 5.37. The molecule has 2 aliphatic rings. The van der Waals surface area contributed by atoms with Gasteiger partial charge in [-0.3, -0.25) is 9.69 Å². The van der Waals surface area contributed by atoms with Crippen molar-refractivity contribution in [3.63, 3.8) is 0 Å². The molecule has 1 aromatic carbocycles. The van der Waals surface area contributed by atoms with Crippen LogP contribution in [0.1, 0.15) is 31.7 Å². The topological polar surface area (TPSA) is 23.6 Å². The number of hydrogen-bond acceptors (Lipinski definition) is 2. The van der Waals surface area contributed by atoms with Crippen molar-refractivity contribution in [2.45, 2.75) is 32.7 Å². The Labute approximate surface area is 136 Å². The molecule has 1 unspecified atom stereocenters. The number of rotatable bonds is 3. The van der Waals surface area contributed by atoms with E-state index in [1.165, 1.54) is 6.07 Å². The normalized spacial score (nSPS) is 23.4. The third-order valence-corrected chi connectivity index (χ3v) is 5.37. The van der Waals surface area contributed by atoms with Gasteiger partial charge >= 0.3 is 0 Å². The Morgan fingerprint density at radius 1 is 1.13 bits per heavy atom. The quantitative estimate of drug-likeness (QED) is 0.854. The number of likely N-dealkylation sites (tertiary alicyclic amines) is 2. The summed E-state index contributed by atoms with van der Waals surface area (Å²) in [5, 5.41) is 0. The van der Waals surface area contributed by atoms with Crippen molar-refractivity contribution in [2.75, 3.05) is 26.2 Å². The molecule has 0 saturated carbocycles. The van der Waals surface area contributed by atoms with Crippen LogP contribution in [0, 0.1) is 23.5 Å². The summed E-state index contributed by atoms with van der Waals surface area (Å²) < 4.78 is 26.7. The fraction of sp³-hybridized carbons (Fsp3) is 0.611. The summed E-state index contributed by atoms with van der Waals surface area (Å²) in [5.74, 6) is 0.482. The molecule has 23 heavy (non-hydrogen) atoms. The molecule has 0 N–H and O–H groups in total. The number of benzene rings is 1. The van der Waals surface area contributed by atoms with Crippen molar-refractivity contribution >= 4 is 5.91 Å². The minimum atomic E-state index is -0.525. The first-order chi connectivity index (χ1) is 11.0. The fourth-order valence-electron chi connectivity index (χ4n) is 3.97. The lowest BCUT2D eigenvalue weighted by Crippen LogP contribution is -2.39. The van der Waals surface area contributed by atoms with Crippen LogP contribution in [0.4, 0.5) is 8.78 Å². The highest BCUT2D eigenvalue weighted by Gasteiger charge is 2.32. The van der Waals surface area contributed by atoms with Crippen molar-refractivity contribution in [2.24, 2.45) is 11.8 Å². The molecule has 126 valence electrons. The Balaban J connectivity index is 1.52. The average molecular weight is 322 g/mol. The zero-order valence-corrected chi connectivity index (χ0v) is 13.6. The van der Waals surface area contributed by atoms with Gasteiger partial charge in [-0.1, -0.05) is 6.07 Å². The predicted molar refractivity (Wildman–Crippen MR) is 84.7 cm³/mol. The Morgan fingerprint density at radius 3 is 2.48 bits per heavy atom. The molecule has 0 aliphatic carbocycles. The van der Waals surface area contributed by atoms with Crippen molar-refractivity contribution in [3.05, 3.63) is 35.4 Å². The Morgan fingerprint density at radius 2 is 1.83 bits per heavy atom. The van der Waals surface area contributed by atoms with E-state index in [1.807, 2.05) is 4.90 Å². The second-order valence-corrected chi connectivity index (χ2v) is 6.86. The third kappa shape index (κ3) is 3.89. The molecule has 0 bridgehead atoms. The van der Waals surface area contributed by atoms with Gasteiger partial charge in [0, 0.05) is 44.7 Å². The van der Waals surface area contributed by atoms with E-state index >= 15 is 0 Å². The molecular formula is C18H24F2N2O. The molecule has 0 radical (unpaired) electrons. The van der Waals surface area contributed by atoms with Crippen molar-refractivity contribution in [1.82, 2.24) is 9.80 Å². The van der Waals surface area contributed by atoms with E-state index in [9.17, 15) is 13.6 Å². The second-order valence-electron chi connectivity index (χ2n) is 6.86.